The van der Waals surface area contributed by atoms with E-state index >= 15 is 0 Å². The van der Waals surface area contributed by atoms with E-state index in [1.165, 1.54) is 12.1 Å². The number of alkyl halides is 2. The van der Waals surface area contributed by atoms with Crippen molar-refractivity contribution < 1.29 is 8.78 Å². The zero-order valence-corrected chi connectivity index (χ0v) is 9.61. The molecule has 1 rings (SSSR count). The van der Waals surface area contributed by atoms with Gasteiger partial charge in [-0.25, -0.2) is 8.78 Å². The summed E-state index contributed by atoms with van der Waals surface area (Å²) in [6, 6.07) is 4.36. The molecule has 1 nitrogen and oxygen atoms in total. The molecule has 0 saturated heterocycles. The molecule has 2 N–H and O–H groups in total. The first-order valence-corrected chi connectivity index (χ1v) is 5.04. The van der Waals surface area contributed by atoms with Gasteiger partial charge in [0, 0.05) is 23.0 Å². The average molecular weight is 264 g/mol. The molecule has 78 valence electrons. The normalized spacial score (nSPS) is 14.1. The molecule has 0 aromatic heterocycles. The zero-order valence-electron chi connectivity index (χ0n) is 8.02. The molecule has 0 amide bonds. The molecule has 1 aromatic rings. The van der Waals surface area contributed by atoms with Gasteiger partial charge >= 0.3 is 0 Å². The molecule has 0 fully saturated rings. The largest absolute Gasteiger partial charge is 0.324 e. The Kier molecular flexibility index (Phi) is 3.27. The van der Waals surface area contributed by atoms with Crippen molar-refractivity contribution in [1.82, 2.24) is 0 Å². The van der Waals surface area contributed by atoms with Crippen LogP contribution in [0.1, 0.15) is 31.0 Å². The molecule has 4 heteroatoms. The van der Waals surface area contributed by atoms with Gasteiger partial charge in [0.25, 0.3) is 5.92 Å². The molecule has 14 heavy (non-hydrogen) atoms. The Morgan fingerprint density at radius 3 is 2.36 bits per heavy atom. The zero-order chi connectivity index (χ0) is 10.9. The first-order chi connectivity index (χ1) is 6.30. The average Bonchev–Trinajstić information content (AvgIpc) is 2.01. The molecule has 1 atom stereocenters. The van der Waals surface area contributed by atoms with E-state index in [0.717, 1.165) is 6.92 Å². The molecule has 0 saturated carbocycles. The van der Waals surface area contributed by atoms with Gasteiger partial charge in [0.05, 0.1) is 0 Å². The van der Waals surface area contributed by atoms with Crippen LogP contribution in [0.4, 0.5) is 8.78 Å². The van der Waals surface area contributed by atoms with Gasteiger partial charge in [-0.15, -0.1) is 0 Å². The predicted octanol–water partition coefficient (Wildman–Crippen LogP) is 3.58. The van der Waals surface area contributed by atoms with Gasteiger partial charge in [0.1, 0.15) is 0 Å². The van der Waals surface area contributed by atoms with Crippen molar-refractivity contribution in [3.05, 3.63) is 33.8 Å². The van der Waals surface area contributed by atoms with Crippen molar-refractivity contribution >= 4 is 15.9 Å². The third-order valence-electron chi connectivity index (χ3n) is 1.95. The Bertz CT molecular complexity index is 331. The molecule has 1 aromatic carbocycles. The van der Waals surface area contributed by atoms with Crippen LogP contribution in [0.3, 0.4) is 0 Å². The van der Waals surface area contributed by atoms with Crippen LogP contribution < -0.4 is 5.73 Å². The second-order valence-corrected chi connectivity index (χ2v) is 4.37. The SMILES string of the molecule is CC(N)c1cc(Br)cc(C(C)(F)F)c1. The second-order valence-electron chi connectivity index (χ2n) is 3.45. The third kappa shape index (κ3) is 2.75. The molecule has 0 aliphatic heterocycles. The van der Waals surface area contributed by atoms with E-state index in [2.05, 4.69) is 15.9 Å². The van der Waals surface area contributed by atoms with Crippen molar-refractivity contribution in [2.45, 2.75) is 25.8 Å². The van der Waals surface area contributed by atoms with Crippen LogP contribution in [0.25, 0.3) is 0 Å². The summed E-state index contributed by atoms with van der Waals surface area (Å²) in [5, 5.41) is 0. The Morgan fingerprint density at radius 1 is 1.36 bits per heavy atom. The quantitative estimate of drug-likeness (QED) is 0.868. The summed E-state index contributed by atoms with van der Waals surface area (Å²) < 4.78 is 26.7. The third-order valence-corrected chi connectivity index (χ3v) is 2.41. The van der Waals surface area contributed by atoms with Crippen LogP contribution in [0.2, 0.25) is 0 Å². The van der Waals surface area contributed by atoms with Crippen LogP contribution >= 0.6 is 15.9 Å². The lowest BCUT2D eigenvalue weighted by molar-refractivity contribution is 0.0173. The van der Waals surface area contributed by atoms with Crippen LogP contribution in [0.15, 0.2) is 22.7 Å². The lowest BCUT2D eigenvalue weighted by atomic mass is 10.0. The minimum absolute atomic E-state index is 0.0147. The van der Waals surface area contributed by atoms with E-state index in [1.807, 2.05) is 0 Å². The summed E-state index contributed by atoms with van der Waals surface area (Å²) in [7, 11) is 0. The monoisotopic (exact) mass is 263 g/mol. The van der Waals surface area contributed by atoms with Crippen molar-refractivity contribution in [1.29, 1.82) is 0 Å². The van der Waals surface area contributed by atoms with Gasteiger partial charge in [0.15, 0.2) is 0 Å². The number of hydrogen-bond acceptors (Lipinski definition) is 1. The fourth-order valence-corrected chi connectivity index (χ4v) is 1.64. The summed E-state index contributed by atoms with van der Waals surface area (Å²) in [6.07, 6.45) is 0. The second kappa shape index (κ2) is 3.95. The summed E-state index contributed by atoms with van der Waals surface area (Å²) in [5.74, 6) is -2.83. The molecular formula is C10H12BrF2N. The van der Waals surface area contributed by atoms with E-state index in [-0.39, 0.29) is 11.6 Å². The fourth-order valence-electron chi connectivity index (χ4n) is 1.13. The lowest BCUT2D eigenvalue weighted by Crippen LogP contribution is -2.10. The lowest BCUT2D eigenvalue weighted by Gasteiger charge is -2.14. The number of benzene rings is 1. The van der Waals surface area contributed by atoms with Gasteiger partial charge in [0.2, 0.25) is 0 Å². The van der Waals surface area contributed by atoms with E-state index in [1.54, 1.807) is 13.0 Å². The minimum Gasteiger partial charge on any atom is -0.324 e. The predicted molar refractivity (Wildman–Crippen MR) is 56.3 cm³/mol. The van der Waals surface area contributed by atoms with Crippen molar-refractivity contribution in [3.63, 3.8) is 0 Å². The van der Waals surface area contributed by atoms with Gasteiger partial charge in [-0.1, -0.05) is 15.9 Å². The highest BCUT2D eigenvalue weighted by Gasteiger charge is 2.25. The molecular weight excluding hydrogens is 252 g/mol. The maximum atomic E-state index is 13.0. The van der Waals surface area contributed by atoms with Gasteiger partial charge < -0.3 is 5.73 Å². The first kappa shape index (κ1) is 11.6. The smallest absolute Gasteiger partial charge is 0.270 e. The minimum atomic E-state index is -2.83. The van der Waals surface area contributed by atoms with Crippen LogP contribution in [0.5, 0.6) is 0 Å². The highest BCUT2D eigenvalue weighted by Crippen LogP contribution is 2.31. The molecule has 0 aliphatic rings. The maximum Gasteiger partial charge on any atom is 0.270 e. The van der Waals surface area contributed by atoms with E-state index in [0.29, 0.717) is 10.0 Å². The van der Waals surface area contributed by atoms with Crippen molar-refractivity contribution in [3.8, 4) is 0 Å². The summed E-state index contributed by atoms with van der Waals surface area (Å²) in [5.41, 5.74) is 6.32. The van der Waals surface area contributed by atoms with Gasteiger partial charge in [-0.3, -0.25) is 0 Å². The Morgan fingerprint density at radius 2 is 1.93 bits per heavy atom. The molecule has 1 unspecified atom stereocenters. The van der Waals surface area contributed by atoms with Crippen molar-refractivity contribution in [2.75, 3.05) is 0 Å². The maximum absolute atomic E-state index is 13.0. The number of nitrogens with two attached hydrogens (primary N) is 1. The topological polar surface area (TPSA) is 26.0 Å². The summed E-state index contributed by atoms with van der Waals surface area (Å²) in [4.78, 5) is 0. The van der Waals surface area contributed by atoms with E-state index < -0.39 is 5.92 Å². The van der Waals surface area contributed by atoms with Crippen LogP contribution in [-0.2, 0) is 5.92 Å². The van der Waals surface area contributed by atoms with Gasteiger partial charge in [-0.2, -0.15) is 0 Å². The Labute approximate surface area is 90.4 Å². The molecule has 0 spiro atoms. The molecule has 0 bridgehead atoms. The molecule has 0 radical (unpaired) electrons. The Hall–Kier alpha value is -0.480. The summed E-state index contributed by atoms with van der Waals surface area (Å²) >= 11 is 3.18. The van der Waals surface area contributed by atoms with E-state index in [4.69, 9.17) is 5.73 Å². The number of hydrogen-bond donors (Lipinski definition) is 1. The standard InChI is InChI=1S/C10H12BrF2N/c1-6(14)7-3-8(10(2,12)13)5-9(11)4-7/h3-6H,14H2,1-2H3. The Balaban J connectivity index is 3.21. The first-order valence-electron chi connectivity index (χ1n) is 4.25. The van der Waals surface area contributed by atoms with Crippen LogP contribution in [0, 0.1) is 0 Å². The van der Waals surface area contributed by atoms with Crippen LogP contribution in [-0.4, -0.2) is 0 Å². The van der Waals surface area contributed by atoms with E-state index in [9.17, 15) is 8.78 Å². The van der Waals surface area contributed by atoms with Crippen molar-refractivity contribution in [2.24, 2.45) is 5.73 Å². The summed E-state index contributed by atoms with van der Waals surface area (Å²) in [6.45, 7) is 2.64. The number of halogens is 3. The van der Waals surface area contributed by atoms with Gasteiger partial charge in [-0.05, 0) is 30.7 Å². The highest BCUT2D eigenvalue weighted by atomic mass is 79.9. The number of rotatable bonds is 2. The highest BCUT2D eigenvalue weighted by molar-refractivity contribution is 9.10. The fraction of sp³-hybridized carbons (Fsp3) is 0.400. The molecule has 0 heterocycles. The molecule has 0 aliphatic carbocycles.